The third kappa shape index (κ3) is 7.09. The SMILES string of the molecule is COc1cc(CN(CC(O)COc2ccc(C(C)=O)cc2)CC2CCCO2)cc(OC)c1OC. The minimum absolute atomic E-state index is 0.00292. The smallest absolute Gasteiger partial charge is 0.203 e. The lowest BCUT2D eigenvalue weighted by molar-refractivity contribution is 0.0313. The van der Waals surface area contributed by atoms with Gasteiger partial charge < -0.3 is 28.8 Å². The number of benzene rings is 2. The van der Waals surface area contributed by atoms with Crippen LogP contribution in [0.3, 0.4) is 0 Å². The molecule has 0 saturated carbocycles. The molecule has 0 bridgehead atoms. The van der Waals surface area contributed by atoms with Crippen molar-refractivity contribution in [2.24, 2.45) is 0 Å². The van der Waals surface area contributed by atoms with Crippen LogP contribution in [0.2, 0.25) is 0 Å². The van der Waals surface area contributed by atoms with Crippen LogP contribution in [0, 0.1) is 0 Å². The summed E-state index contributed by atoms with van der Waals surface area (Å²) in [6.45, 7) is 4.10. The van der Waals surface area contributed by atoms with Gasteiger partial charge in [-0.25, -0.2) is 0 Å². The van der Waals surface area contributed by atoms with Crippen molar-refractivity contribution in [1.29, 1.82) is 0 Å². The van der Waals surface area contributed by atoms with E-state index in [4.69, 9.17) is 23.7 Å². The molecule has 1 saturated heterocycles. The van der Waals surface area contributed by atoms with Crippen molar-refractivity contribution >= 4 is 5.78 Å². The zero-order valence-corrected chi connectivity index (χ0v) is 20.4. The van der Waals surface area contributed by atoms with E-state index in [-0.39, 0.29) is 18.5 Å². The summed E-state index contributed by atoms with van der Waals surface area (Å²) in [6, 6.07) is 10.8. The minimum atomic E-state index is -0.712. The molecule has 0 spiro atoms. The van der Waals surface area contributed by atoms with Crippen LogP contribution in [0.15, 0.2) is 36.4 Å². The number of Topliss-reactive ketones (excluding diaryl/α,β-unsaturated/α-hetero) is 1. The quantitative estimate of drug-likeness (QED) is 0.444. The molecule has 1 aliphatic rings. The molecule has 0 aliphatic carbocycles. The van der Waals surface area contributed by atoms with Crippen LogP contribution < -0.4 is 18.9 Å². The van der Waals surface area contributed by atoms with Crippen LogP contribution in [0.4, 0.5) is 0 Å². The molecule has 2 unspecified atom stereocenters. The van der Waals surface area contributed by atoms with E-state index in [0.29, 0.717) is 48.2 Å². The zero-order valence-electron chi connectivity index (χ0n) is 20.4. The molecule has 0 aromatic heterocycles. The second-order valence-electron chi connectivity index (χ2n) is 8.41. The van der Waals surface area contributed by atoms with Gasteiger partial charge in [-0.3, -0.25) is 9.69 Å². The number of carbonyl (C=O) groups excluding carboxylic acids is 1. The number of nitrogens with zero attached hydrogens (tertiary/aromatic N) is 1. The number of rotatable bonds is 13. The van der Waals surface area contributed by atoms with Gasteiger partial charge in [0.1, 0.15) is 18.5 Å². The highest BCUT2D eigenvalue weighted by Crippen LogP contribution is 2.38. The van der Waals surface area contributed by atoms with E-state index in [1.54, 1.807) is 45.6 Å². The van der Waals surface area contributed by atoms with Gasteiger partial charge in [0.15, 0.2) is 17.3 Å². The summed E-state index contributed by atoms with van der Waals surface area (Å²) in [5.74, 6) is 2.34. The van der Waals surface area contributed by atoms with E-state index in [2.05, 4.69) is 4.90 Å². The van der Waals surface area contributed by atoms with Gasteiger partial charge in [-0.2, -0.15) is 0 Å². The lowest BCUT2D eigenvalue weighted by atomic mass is 10.1. The second-order valence-corrected chi connectivity index (χ2v) is 8.41. The van der Waals surface area contributed by atoms with Crippen molar-refractivity contribution in [3.63, 3.8) is 0 Å². The third-order valence-electron chi connectivity index (χ3n) is 5.79. The number of aliphatic hydroxyl groups is 1. The Labute approximate surface area is 201 Å². The van der Waals surface area contributed by atoms with Gasteiger partial charge in [0, 0.05) is 31.8 Å². The van der Waals surface area contributed by atoms with Crippen molar-refractivity contribution in [3.05, 3.63) is 47.5 Å². The van der Waals surface area contributed by atoms with Crippen LogP contribution in [0.25, 0.3) is 0 Å². The largest absolute Gasteiger partial charge is 0.493 e. The van der Waals surface area contributed by atoms with Crippen LogP contribution in [-0.4, -0.2) is 75.6 Å². The highest BCUT2D eigenvalue weighted by Gasteiger charge is 2.23. The van der Waals surface area contributed by atoms with E-state index in [1.165, 1.54) is 6.92 Å². The van der Waals surface area contributed by atoms with Crippen LogP contribution in [0.5, 0.6) is 23.0 Å². The first kappa shape index (κ1) is 25.8. The van der Waals surface area contributed by atoms with Crippen molar-refractivity contribution in [2.45, 2.75) is 38.5 Å². The summed E-state index contributed by atoms with van der Waals surface area (Å²) in [4.78, 5) is 13.6. The molecule has 1 aliphatic heterocycles. The first-order valence-corrected chi connectivity index (χ1v) is 11.5. The maximum Gasteiger partial charge on any atom is 0.203 e. The number of methoxy groups -OCH3 is 3. The molecule has 2 aromatic rings. The topological polar surface area (TPSA) is 86.7 Å². The summed E-state index contributed by atoms with van der Waals surface area (Å²) in [5.41, 5.74) is 1.60. The standard InChI is InChI=1S/C26H35NO7/c1-18(28)20-7-9-22(10-8-20)34-17-21(29)15-27(16-23-6-5-11-33-23)14-19-12-24(30-2)26(32-4)25(13-19)31-3/h7-10,12-13,21,23,29H,5-6,11,14-17H2,1-4H3. The Balaban J connectivity index is 1.67. The molecule has 2 aromatic carbocycles. The van der Waals surface area contributed by atoms with Crippen molar-refractivity contribution in [3.8, 4) is 23.0 Å². The predicted molar refractivity (Wildman–Crippen MR) is 128 cm³/mol. The van der Waals surface area contributed by atoms with Gasteiger partial charge in [-0.15, -0.1) is 0 Å². The summed E-state index contributed by atoms with van der Waals surface area (Å²) < 4.78 is 28.0. The molecule has 8 heteroatoms. The molecule has 2 atom stereocenters. The number of ether oxygens (including phenoxy) is 5. The average Bonchev–Trinajstić information content (AvgIpc) is 3.35. The highest BCUT2D eigenvalue weighted by atomic mass is 16.5. The Morgan fingerprint density at radius 2 is 1.79 bits per heavy atom. The number of ketones is 1. The molecule has 3 rings (SSSR count). The summed E-state index contributed by atoms with van der Waals surface area (Å²) in [6.07, 6.45) is 1.47. The van der Waals surface area contributed by atoms with Crippen molar-refractivity contribution < 1.29 is 33.6 Å². The van der Waals surface area contributed by atoms with Crippen LogP contribution in [0.1, 0.15) is 35.7 Å². The molecule has 186 valence electrons. The number of hydrogen-bond donors (Lipinski definition) is 1. The molecule has 1 heterocycles. The van der Waals surface area contributed by atoms with E-state index in [1.807, 2.05) is 12.1 Å². The zero-order chi connectivity index (χ0) is 24.5. The molecule has 8 nitrogen and oxygen atoms in total. The Morgan fingerprint density at radius 3 is 2.32 bits per heavy atom. The first-order valence-electron chi connectivity index (χ1n) is 11.5. The number of hydrogen-bond acceptors (Lipinski definition) is 8. The van der Waals surface area contributed by atoms with Gasteiger partial charge in [0.25, 0.3) is 0 Å². The number of aliphatic hydroxyl groups excluding tert-OH is 1. The molecule has 0 radical (unpaired) electrons. The fourth-order valence-corrected chi connectivity index (χ4v) is 4.09. The normalized spacial score (nSPS) is 16.4. The molecule has 1 fully saturated rings. The van der Waals surface area contributed by atoms with Crippen LogP contribution >= 0.6 is 0 Å². The minimum Gasteiger partial charge on any atom is -0.493 e. The average molecular weight is 474 g/mol. The Morgan fingerprint density at radius 1 is 1.12 bits per heavy atom. The monoisotopic (exact) mass is 473 g/mol. The lowest BCUT2D eigenvalue weighted by Gasteiger charge is -2.28. The molecule has 0 amide bonds. The summed E-state index contributed by atoms with van der Waals surface area (Å²) >= 11 is 0. The van der Waals surface area contributed by atoms with Gasteiger partial charge in [-0.05, 0) is 61.7 Å². The van der Waals surface area contributed by atoms with Crippen molar-refractivity contribution in [2.75, 3.05) is 47.6 Å². The van der Waals surface area contributed by atoms with Gasteiger partial charge in [-0.1, -0.05) is 0 Å². The Hall–Kier alpha value is -2.81. The second kappa shape index (κ2) is 12.6. The van der Waals surface area contributed by atoms with Crippen molar-refractivity contribution in [1.82, 2.24) is 4.90 Å². The fraction of sp³-hybridized carbons (Fsp3) is 0.500. The maximum absolute atomic E-state index is 11.4. The van der Waals surface area contributed by atoms with E-state index in [0.717, 1.165) is 25.0 Å². The Bertz CT molecular complexity index is 900. The molecule has 1 N–H and O–H groups in total. The number of carbonyl (C=O) groups is 1. The van der Waals surface area contributed by atoms with E-state index < -0.39 is 6.10 Å². The van der Waals surface area contributed by atoms with Crippen LogP contribution in [-0.2, 0) is 11.3 Å². The summed E-state index contributed by atoms with van der Waals surface area (Å²) in [5, 5.41) is 10.7. The first-order chi connectivity index (χ1) is 16.4. The fourth-order valence-electron chi connectivity index (χ4n) is 4.09. The van der Waals surface area contributed by atoms with E-state index >= 15 is 0 Å². The maximum atomic E-state index is 11.4. The van der Waals surface area contributed by atoms with Gasteiger partial charge >= 0.3 is 0 Å². The van der Waals surface area contributed by atoms with E-state index in [9.17, 15) is 9.90 Å². The Kier molecular flexibility index (Phi) is 9.56. The highest BCUT2D eigenvalue weighted by molar-refractivity contribution is 5.94. The third-order valence-corrected chi connectivity index (χ3v) is 5.79. The van der Waals surface area contributed by atoms with Gasteiger partial charge in [0.05, 0.1) is 27.4 Å². The summed E-state index contributed by atoms with van der Waals surface area (Å²) in [7, 11) is 4.76. The lowest BCUT2D eigenvalue weighted by Crippen LogP contribution is -2.39. The molecular formula is C26H35NO7. The molecular weight excluding hydrogens is 438 g/mol. The molecule has 34 heavy (non-hydrogen) atoms. The predicted octanol–water partition coefficient (Wildman–Crippen LogP) is 3.34. The van der Waals surface area contributed by atoms with Gasteiger partial charge in [0.2, 0.25) is 5.75 Å².